The van der Waals surface area contributed by atoms with Gasteiger partial charge in [-0.3, -0.25) is 4.79 Å². The van der Waals surface area contributed by atoms with Gasteiger partial charge >= 0.3 is 0 Å². The van der Waals surface area contributed by atoms with Crippen molar-refractivity contribution in [1.82, 2.24) is 5.32 Å². The summed E-state index contributed by atoms with van der Waals surface area (Å²) in [5.41, 5.74) is 8.51. The lowest BCUT2D eigenvalue weighted by atomic mass is 10.1. The molecule has 0 spiro atoms. The molecule has 0 fully saturated rings. The molecule has 0 saturated carbocycles. The minimum absolute atomic E-state index is 0.00615. The van der Waals surface area contributed by atoms with Crippen LogP contribution in [-0.4, -0.2) is 19.1 Å². The Balaban J connectivity index is 2.46. The Labute approximate surface area is 115 Å². The predicted molar refractivity (Wildman–Crippen MR) is 78.3 cm³/mol. The Morgan fingerprint density at radius 1 is 1.37 bits per heavy atom. The third kappa shape index (κ3) is 5.20. The number of aryl methyl sites for hydroxylation is 2. The molecule has 0 bridgehead atoms. The van der Waals surface area contributed by atoms with Crippen LogP contribution in [0.2, 0.25) is 0 Å². The zero-order valence-corrected chi connectivity index (χ0v) is 12.2. The van der Waals surface area contributed by atoms with E-state index >= 15 is 0 Å². The zero-order chi connectivity index (χ0) is 14.4. The molecular weight excluding hydrogens is 240 g/mol. The van der Waals surface area contributed by atoms with Crippen LogP contribution < -0.4 is 15.8 Å². The Bertz CT molecular complexity index is 419. The van der Waals surface area contributed by atoms with E-state index in [2.05, 4.69) is 19.2 Å². The summed E-state index contributed by atoms with van der Waals surface area (Å²) in [6.07, 6.45) is 0.970. The lowest BCUT2D eigenvalue weighted by Gasteiger charge is -2.13. The summed E-state index contributed by atoms with van der Waals surface area (Å²) in [7, 11) is 0. The first kappa shape index (κ1) is 15.3. The molecule has 0 radical (unpaired) electrons. The molecule has 1 amide bonds. The van der Waals surface area contributed by atoms with Crippen LogP contribution in [0.15, 0.2) is 12.1 Å². The van der Waals surface area contributed by atoms with Gasteiger partial charge in [-0.15, -0.1) is 0 Å². The third-order valence-electron chi connectivity index (χ3n) is 2.84. The Morgan fingerprint density at radius 3 is 2.63 bits per heavy atom. The van der Waals surface area contributed by atoms with Gasteiger partial charge in [-0.25, -0.2) is 0 Å². The van der Waals surface area contributed by atoms with Crippen LogP contribution in [0.5, 0.6) is 5.75 Å². The van der Waals surface area contributed by atoms with E-state index in [-0.39, 0.29) is 12.5 Å². The van der Waals surface area contributed by atoms with Crippen LogP contribution in [0, 0.1) is 19.8 Å². The van der Waals surface area contributed by atoms with Crippen molar-refractivity contribution < 1.29 is 9.53 Å². The Kier molecular flexibility index (Phi) is 5.67. The van der Waals surface area contributed by atoms with Gasteiger partial charge in [0, 0.05) is 6.54 Å². The molecule has 106 valence electrons. The van der Waals surface area contributed by atoms with Crippen LogP contribution in [0.1, 0.15) is 31.4 Å². The highest BCUT2D eigenvalue weighted by Crippen LogP contribution is 2.27. The lowest BCUT2D eigenvalue weighted by molar-refractivity contribution is -0.123. The van der Waals surface area contributed by atoms with Crippen molar-refractivity contribution in [2.24, 2.45) is 5.92 Å². The molecule has 1 rings (SSSR count). The SMILES string of the molecule is Cc1cc(C)c(OCC(=O)NCCC(C)C)c(N)c1. The van der Waals surface area contributed by atoms with Crippen LogP contribution in [-0.2, 0) is 4.79 Å². The average Bonchev–Trinajstić information content (AvgIpc) is 2.26. The fourth-order valence-electron chi connectivity index (χ4n) is 1.87. The molecule has 4 nitrogen and oxygen atoms in total. The van der Waals surface area contributed by atoms with Gasteiger partial charge in [0.1, 0.15) is 5.75 Å². The van der Waals surface area contributed by atoms with E-state index in [1.165, 1.54) is 0 Å². The molecule has 19 heavy (non-hydrogen) atoms. The first-order valence-corrected chi connectivity index (χ1v) is 6.66. The first-order valence-electron chi connectivity index (χ1n) is 6.66. The lowest BCUT2D eigenvalue weighted by Crippen LogP contribution is -2.30. The van der Waals surface area contributed by atoms with Gasteiger partial charge < -0.3 is 15.8 Å². The molecule has 0 aliphatic carbocycles. The van der Waals surface area contributed by atoms with Crippen LogP contribution >= 0.6 is 0 Å². The van der Waals surface area contributed by atoms with E-state index in [0.717, 1.165) is 17.5 Å². The number of rotatable bonds is 6. The molecular formula is C15H24N2O2. The largest absolute Gasteiger partial charge is 0.481 e. The highest BCUT2D eigenvalue weighted by atomic mass is 16.5. The topological polar surface area (TPSA) is 64.3 Å². The first-order chi connectivity index (χ1) is 8.90. The number of amides is 1. The van der Waals surface area contributed by atoms with Crippen molar-refractivity contribution in [3.05, 3.63) is 23.3 Å². The predicted octanol–water partition coefficient (Wildman–Crippen LogP) is 2.43. The van der Waals surface area contributed by atoms with E-state index in [1.807, 2.05) is 26.0 Å². The summed E-state index contributed by atoms with van der Waals surface area (Å²) >= 11 is 0. The molecule has 0 aromatic heterocycles. The van der Waals surface area contributed by atoms with E-state index in [0.29, 0.717) is 23.9 Å². The quantitative estimate of drug-likeness (QED) is 0.776. The molecule has 0 atom stereocenters. The number of nitrogen functional groups attached to an aromatic ring is 1. The number of anilines is 1. The number of benzene rings is 1. The summed E-state index contributed by atoms with van der Waals surface area (Å²) in [4.78, 5) is 11.6. The van der Waals surface area contributed by atoms with Gasteiger partial charge in [0.15, 0.2) is 6.61 Å². The number of carbonyl (C=O) groups excluding carboxylic acids is 1. The fraction of sp³-hybridized carbons (Fsp3) is 0.533. The van der Waals surface area contributed by atoms with Gasteiger partial charge in [-0.05, 0) is 43.4 Å². The highest BCUT2D eigenvalue weighted by molar-refractivity contribution is 5.77. The summed E-state index contributed by atoms with van der Waals surface area (Å²) in [6.45, 7) is 8.84. The smallest absolute Gasteiger partial charge is 0.257 e. The summed E-state index contributed by atoms with van der Waals surface area (Å²) in [5.74, 6) is 1.07. The monoisotopic (exact) mass is 264 g/mol. The second kappa shape index (κ2) is 7.02. The van der Waals surface area contributed by atoms with Crippen LogP contribution in [0.3, 0.4) is 0 Å². The summed E-state index contributed by atoms with van der Waals surface area (Å²) in [6, 6.07) is 3.83. The van der Waals surface area contributed by atoms with E-state index < -0.39 is 0 Å². The van der Waals surface area contributed by atoms with Crippen molar-refractivity contribution >= 4 is 11.6 Å². The number of hydrogen-bond acceptors (Lipinski definition) is 3. The summed E-state index contributed by atoms with van der Waals surface area (Å²) < 4.78 is 5.50. The molecule has 0 aliphatic heterocycles. The molecule has 0 unspecified atom stereocenters. The van der Waals surface area contributed by atoms with Crippen molar-refractivity contribution in [1.29, 1.82) is 0 Å². The van der Waals surface area contributed by atoms with Crippen molar-refractivity contribution in [2.75, 3.05) is 18.9 Å². The third-order valence-corrected chi connectivity index (χ3v) is 2.84. The Morgan fingerprint density at radius 2 is 2.05 bits per heavy atom. The number of ether oxygens (including phenoxy) is 1. The molecule has 0 saturated heterocycles. The van der Waals surface area contributed by atoms with Gasteiger partial charge in [-0.1, -0.05) is 19.9 Å². The summed E-state index contributed by atoms with van der Waals surface area (Å²) in [5, 5.41) is 2.83. The number of hydrogen-bond donors (Lipinski definition) is 2. The molecule has 3 N–H and O–H groups in total. The minimum Gasteiger partial charge on any atom is -0.481 e. The number of nitrogens with one attached hydrogen (secondary N) is 1. The standard InChI is InChI=1S/C15H24N2O2/c1-10(2)5-6-17-14(18)9-19-15-12(4)7-11(3)8-13(15)16/h7-8,10H,5-6,9,16H2,1-4H3,(H,17,18). The van der Waals surface area contributed by atoms with Crippen LogP contribution in [0.4, 0.5) is 5.69 Å². The van der Waals surface area contributed by atoms with Crippen molar-refractivity contribution in [2.45, 2.75) is 34.1 Å². The van der Waals surface area contributed by atoms with E-state index in [4.69, 9.17) is 10.5 Å². The second-order valence-corrected chi connectivity index (χ2v) is 5.32. The maximum Gasteiger partial charge on any atom is 0.257 e. The minimum atomic E-state index is -0.111. The highest BCUT2D eigenvalue weighted by Gasteiger charge is 2.08. The van der Waals surface area contributed by atoms with Crippen molar-refractivity contribution in [3.8, 4) is 5.75 Å². The van der Waals surface area contributed by atoms with E-state index in [9.17, 15) is 4.79 Å². The molecule has 1 aromatic rings. The molecule has 1 aromatic carbocycles. The molecule has 0 aliphatic rings. The average molecular weight is 264 g/mol. The molecule has 4 heteroatoms. The maximum atomic E-state index is 11.6. The zero-order valence-electron chi connectivity index (χ0n) is 12.2. The van der Waals surface area contributed by atoms with Crippen molar-refractivity contribution in [3.63, 3.8) is 0 Å². The maximum absolute atomic E-state index is 11.6. The van der Waals surface area contributed by atoms with Crippen LogP contribution in [0.25, 0.3) is 0 Å². The normalized spacial score (nSPS) is 10.6. The Hall–Kier alpha value is -1.71. The van der Waals surface area contributed by atoms with Gasteiger partial charge in [0.05, 0.1) is 5.69 Å². The van der Waals surface area contributed by atoms with Gasteiger partial charge in [-0.2, -0.15) is 0 Å². The second-order valence-electron chi connectivity index (χ2n) is 5.32. The fourth-order valence-corrected chi connectivity index (χ4v) is 1.87. The number of carbonyl (C=O) groups is 1. The molecule has 0 heterocycles. The van der Waals surface area contributed by atoms with Gasteiger partial charge in [0.25, 0.3) is 5.91 Å². The van der Waals surface area contributed by atoms with E-state index in [1.54, 1.807) is 0 Å². The van der Waals surface area contributed by atoms with Gasteiger partial charge in [0.2, 0.25) is 0 Å². The number of nitrogens with two attached hydrogens (primary N) is 1.